The van der Waals surface area contributed by atoms with Crippen molar-refractivity contribution in [1.29, 1.82) is 0 Å². The van der Waals surface area contributed by atoms with Crippen LogP contribution in [0.3, 0.4) is 0 Å². The van der Waals surface area contributed by atoms with Crippen LogP contribution in [0.4, 0.5) is 4.39 Å². The van der Waals surface area contributed by atoms with Gasteiger partial charge in [-0.2, -0.15) is 5.10 Å². The summed E-state index contributed by atoms with van der Waals surface area (Å²) < 4.78 is 19.6. The molecule has 2 aromatic rings. The lowest BCUT2D eigenvalue weighted by Crippen LogP contribution is -2.30. The predicted molar refractivity (Wildman–Crippen MR) is 95.8 cm³/mol. The molecule has 0 unspecified atom stereocenters. The summed E-state index contributed by atoms with van der Waals surface area (Å²) in [5.41, 5.74) is 1.93. The third-order valence-electron chi connectivity index (χ3n) is 3.65. The smallest absolute Gasteiger partial charge is 0.331 e. The first-order chi connectivity index (χ1) is 12.3. The molecule has 0 N–H and O–H groups in total. The molecule has 138 valence electrons. The van der Waals surface area contributed by atoms with E-state index in [1.54, 1.807) is 33.2 Å². The molecule has 2 rings (SSSR count). The van der Waals surface area contributed by atoms with Gasteiger partial charge < -0.3 is 9.64 Å². The van der Waals surface area contributed by atoms with Crippen LogP contribution in [-0.2, 0) is 27.9 Å². The molecule has 0 aliphatic carbocycles. The molecule has 8 heteroatoms. The zero-order valence-electron chi connectivity index (χ0n) is 14.7. The lowest BCUT2D eigenvalue weighted by molar-refractivity contribution is -0.147. The SMILES string of the molecule is Cc1nn(C)c(Cl)c1/C=C/C(=O)OCC(=O)N(C)Cc1cccc(F)c1. The van der Waals surface area contributed by atoms with E-state index in [1.807, 2.05) is 0 Å². The number of esters is 1. The lowest BCUT2D eigenvalue weighted by atomic mass is 10.2. The van der Waals surface area contributed by atoms with Crippen molar-refractivity contribution < 1.29 is 18.7 Å². The molecule has 1 aromatic carbocycles. The minimum Gasteiger partial charge on any atom is -0.452 e. The molecule has 0 radical (unpaired) electrons. The monoisotopic (exact) mass is 379 g/mol. The Morgan fingerprint density at radius 2 is 2.15 bits per heavy atom. The minimum atomic E-state index is -0.670. The highest BCUT2D eigenvalue weighted by Crippen LogP contribution is 2.19. The Hall–Kier alpha value is -2.67. The van der Waals surface area contributed by atoms with Crippen LogP contribution < -0.4 is 0 Å². The number of amides is 1. The number of rotatable bonds is 6. The number of halogens is 2. The largest absolute Gasteiger partial charge is 0.452 e. The first-order valence-corrected chi connectivity index (χ1v) is 8.18. The topological polar surface area (TPSA) is 64.4 Å². The second kappa shape index (κ2) is 8.62. The second-order valence-corrected chi connectivity index (χ2v) is 6.09. The quantitative estimate of drug-likeness (QED) is 0.572. The van der Waals surface area contributed by atoms with Crippen molar-refractivity contribution in [3.05, 3.63) is 58.1 Å². The molecule has 0 spiro atoms. The van der Waals surface area contributed by atoms with E-state index in [0.717, 1.165) is 0 Å². The van der Waals surface area contributed by atoms with Crippen LogP contribution in [0.25, 0.3) is 6.08 Å². The van der Waals surface area contributed by atoms with Crippen molar-refractivity contribution in [3.8, 4) is 0 Å². The summed E-state index contributed by atoms with van der Waals surface area (Å²) in [6.07, 6.45) is 2.68. The molecule has 26 heavy (non-hydrogen) atoms. The molecule has 1 heterocycles. The molecule has 1 aromatic heterocycles. The van der Waals surface area contributed by atoms with Gasteiger partial charge in [0.15, 0.2) is 6.61 Å². The first kappa shape index (κ1) is 19.7. The highest BCUT2D eigenvalue weighted by molar-refractivity contribution is 6.31. The van der Waals surface area contributed by atoms with Crippen molar-refractivity contribution in [2.45, 2.75) is 13.5 Å². The van der Waals surface area contributed by atoms with Crippen molar-refractivity contribution in [2.75, 3.05) is 13.7 Å². The van der Waals surface area contributed by atoms with E-state index in [-0.39, 0.29) is 12.4 Å². The maximum Gasteiger partial charge on any atom is 0.331 e. The Morgan fingerprint density at radius 3 is 2.77 bits per heavy atom. The highest BCUT2D eigenvalue weighted by atomic mass is 35.5. The van der Waals surface area contributed by atoms with Gasteiger partial charge in [-0.3, -0.25) is 9.48 Å². The standard InChI is InChI=1S/C18H19ClFN3O3/c1-12-15(18(19)23(3)21-12)7-8-17(25)26-11-16(24)22(2)10-13-5-4-6-14(20)9-13/h4-9H,10-11H2,1-3H3/b8-7+. The average molecular weight is 380 g/mol. The average Bonchev–Trinajstić information content (AvgIpc) is 2.83. The summed E-state index contributed by atoms with van der Waals surface area (Å²) in [4.78, 5) is 25.2. The fourth-order valence-corrected chi connectivity index (χ4v) is 2.51. The number of aryl methyl sites for hydroxylation is 2. The summed E-state index contributed by atoms with van der Waals surface area (Å²) in [5.74, 6) is -1.44. The number of ether oxygens (including phenoxy) is 1. The normalized spacial score (nSPS) is 11.0. The molecule has 0 aliphatic heterocycles. The number of carbonyl (C=O) groups is 2. The molecule has 6 nitrogen and oxygen atoms in total. The van der Waals surface area contributed by atoms with E-state index in [1.165, 1.54) is 33.9 Å². The lowest BCUT2D eigenvalue weighted by Gasteiger charge is -2.17. The third kappa shape index (κ3) is 5.16. The van der Waals surface area contributed by atoms with Gasteiger partial charge in [-0.25, -0.2) is 9.18 Å². The summed E-state index contributed by atoms with van der Waals surface area (Å²) >= 11 is 6.06. The number of hydrogen-bond donors (Lipinski definition) is 0. The van der Waals surface area contributed by atoms with Crippen LogP contribution in [0, 0.1) is 12.7 Å². The Kier molecular flexibility index (Phi) is 6.52. The zero-order chi connectivity index (χ0) is 19.3. The maximum atomic E-state index is 13.2. The van der Waals surface area contributed by atoms with Gasteiger partial charge in [-0.05, 0) is 30.7 Å². The molecule has 0 atom stereocenters. The van der Waals surface area contributed by atoms with Crippen molar-refractivity contribution in [2.24, 2.45) is 7.05 Å². The van der Waals surface area contributed by atoms with Gasteiger partial charge >= 0.3 is 5.97 Å². The second-order valence-electron chi connectivity index (χ2n) is 5.73. The van der Waals surface area contributed by atoms with E-state index in [2.05, 4.69) is 5.10 Å². The summed E-state index contributed by atoms with van der Waals surface area (Å²) in [5, 5.41) is 4.53. The molecule has 0 aliphatic rings. The van der Waals surface area contributed by atoms with Crippen LogP contribution >= 0.6 is 11.6 Å². The van der Waals surface area contributed by atoms with E-state index in [0.29, 0.717) is 22.0 Å². The molecular formula is C18H19ClFN3O3. The number of nitrogens with zero attached hydrogens (tertiary/aromatic N) is 3. The Bertz CT molecular complexity index is 848. The molecule has 1 amide bonds. The van der Waals surface area contributed by atoms with Gasteiger partial charge in [0.05, 0.1) is 5.69 Å². The fraction of sp³-hybridized carbons (Fsp3) is 0.278. The number of likely N-dealkylation sites (N-methyl/N-ethyl adjacent to an activating group) is 1. The van der Waals surface area contributed by atoms with Crippen molar-refractivity contribution >= 4 is 29.6 Å². The number of carbonyl (C=O) groups excluding carboxylic acids is 2. The summed E-state index contributed by atoms with van der Waals surface area (Å²) in [6.45, 7) is 1.57. The minimum absolute atomic E-state index is 0.217. The van der Waals surface area contributed by atoms with Crippen molar-refractivity contribution in [3.63, 3.8) is 0 Å². The first-order valence-electron chi connectivity index (χ1n) is 7.80. The van der Waals surface area contributed by atoms with Gasteiger partial charge in [0, 0.05) is 32.3 Å². The van der Waals surface area contributed by atoms with E-state index in [4.69, 9.17) is 16.3 Å². The van der Waals surface area contributed by atoms with Crippen LogP contribution in [0.15, 0.2) is 30.3 Å². The van der Waals surface area contributed by atoms with Crippen LogP contribution in [0.2, 0.25) is 5.15 Å². The van der Waals surface area contributed by atoms with Gasteiger partial charge in [0.25, 0.3) is 5.91 Å². The van der Waals surface area contributed by atoms with Crippen LogP contribution in [-0.4, -0.2) is 40.2 Å². The molecule has 0 saturated carbocycles. The summed E-state index contributed by atoms with van der Waals surface area (Å²) in [6, 6.07) is 5.95. The number of benzene rings is 1. The predicted octanol–water partition coefficient (Wildman–Crippen LogP) is 2.74. The molecule has 0 fully saturated rings. The Labute approximate surface area is 155 Å². The van der Waals surface area contributed by atoms with Gasteiger partial charge in [-0.1, -0.05) is 23.7 Å². The molecular weight excluding hydrogens is 361 g/mol. The van der Waals surface area contributed by atoms with E-state index >= 15 is 0 Å². The Balaban J connectivity index is 1.86. The number of hydrogen-bond acceptors (Lipinski definition) is 4. The molecule has 0 saturated heterocycles. The summed E-state index contributed by atoms with van der Waals surface area (Å²) in [7, 11) is 3.24. The molecule has 0 bridgehead atoms. The van der Waals surface area contributed by atoms with Gasteiger partial charge in [0.1, 0.15) is 11.0 Å². The highest BCUT2D eigenvalue weighted by Gasteiger charge is 2.13. The van der Waals surface area contributed by atoms with Gasteiger partial charge in [0.2, 0.25) is 0 Å². The van der Waals surface area contributed by atoms with E-state index < -0.39 is 18.5 Å². The fourth-order valence-electron chi connectivity index (χ4n) is 2.28. The Morgan fingerprint density at radius 1 is 1.42 bits per heavy atom. The third-order valence-corrected chi connectivity index (χ3v) is 4.10. The van der Waals surface area contributed by atoms with Crippen molar-refractivity contribution in [1.82, 2.24) is 14.7 Å². The number of aromatic nitrogens is 2. The van der Waals surface area contributed by atoms with Crippen LogP contribution in [0.1, 0.15) is 16.8 Å². The van der Waals surface area contributed by atoms with Gasteiger partial charge in [-0.15, -0.1) is 0 Å². The van der Waals surface area contributed by atoms with E-state index in [9.17, 15) is 14.0 Å². The zero-order valence-corrected chi connectivity index (χ0v) is 15.5. The van der Waals surface area contributed by atoms with Crippen LogP contribution in [0.5, 0.6) is 0 Å². The maximum absolute atomic E-state index is 13.2.